The summed E-state index contributed by atoms with van der Waals surface area (Å²) in [5.74, 6) is -4.79. The lowest BCUT2D eigenvalue weighted by Crippen LogP contribution is -2.49. The Morgan fingerprint density at radius 2 is 1.79 bits per heavy atom. The summed E-state index contributed by atoms with van der Waals surface area (Å²) in [7, 11) is 0. The van der Waals surface area contributed by atoms with Crippen molar-refractivity contribution in [3.63, 3.8) is 0 Å². The van der Waals surface area contributed by atoms with E-state index < -0.39 is 65.9 Å². The van der Waals surface area contributed by atoms with Gasteiger partial charge >= 0.3 is 18.0 Å². The number of rotatable bonds is 3. The Labute approximate surface area is 181 Å². The fraction of sp³-hybridized carbons (Fsp3) is 0.579. The monoisotopic (exact) mass is 481 g/mol. The highest BCUT2D eigenvalue weighted by molar-refractivity contribution is 5.81. The van der Waals surface area contributed by atoms with Crippen LogP contribution in [0.2, 0.25) is 0 Å². The Balaban J connectivity index is 1.75. The quantitative estimate of drug-likeness (QED) is 0.633. The summed E-state index contributed by atoms with van der Waals surface area (Å²) < 4.78 is 95.7. The van der Waals surface area contributed by atoms with Crippen LogP contribution in [0.5, 0.6) is 0 Å². The second-order valence-corrected chi connectivity index (χ2v) is 8.02. The number of hydrogen-bond acceptors (Lipinski definition) is 4. The maximum Gasteiger partial charge on any atom is 0.436 e. The second kappa shape index (κ2) is 8.13. The molecule has 0 saturated carbocycles. The van der Waals surface area contributed by atoms with E-state index in [0.717, 1.165) is 6.07 Å². The molecule has 0 N–H and O–H groups in total. The number of alkyl halides is 6. The van der Waals surface area contributed by atoms with E-state index in [1.807, 2.05) is 0 Å². The van der Waals surface area contributed by atoms with E-state index in [0.29, 0.717) is 28.3 Å². The van der Waals surface area contributed by atoms with Crippen LogP contribution in [0, 0.1) is 11.7 Å². The van der Waals surface area contributed by atoms with Crippen LogP contribution in [-0.4, -0.2) is 49.4 Å². The van der Waals surface area contributed by atoms with Crippen LogP contribution in [0.25, 0.3) is 0 Å². The summed E-state index contributed by atoms with van der Waals surface area (Å²) in [5.41, 5.74) is -3.47. The lowest BCUT2D eigenvalue weighted by Gasteiger charge is -2.34. The van der Waals surface area contributed by atoms with E-state index in [1.165, 1.54) is 4.90 Å². The third kappa shape index (κ3) is 4.22. The lowest BCUT2D eigenvalue weighted by molar-refractivity contribution is -0.196. The van der Waals surface area contributed by atoms with Gasteiger partial charge in [-0.1, -0.05) is 0 Å². The Kier molecular flexibility index (Phi) is 5.73. The third-order valence-corrected chi connectivity index (χ3v) is 5.93. The van der Waals surface area contributed by atoms with Crippen molar-refractivity contribution in [1.29, 1.82) is 0 Å². The molecule has 2 aliphatic heterocycles. The number of aromatic nitrogens is 4. The summed E-state index contributed by atoms with van der Waals surface area (Å²) >= 11 is 0. The van der Waals surface area contributed by atoms with Crippen molar-refractivity contribution in [2.45, 2.75) is 50.6 Å². The van der Waals surface area contributed by atoms with Crippen molar-refractivity contribution in [3.8, 4) is 0 Å². The molecule has 14 heteroatoms. The van der Waals surface area contributed by atoms with E-state index >= 15 is 0 Å². The molecule has 1 fully saturated rings. The SMILES string of the molecule is O=C(C1C(C(F)(F)F)CCc2nn(Cc3ccnc(C(F)(F)F)c3F)c(=O)n21)N1CCCC1. The maximum atomic E-state index is 14.4. The highest BCUT2D eigenvalue weighted by Gasteiger charge is 2.52. The van der Waals surface area contributed by atoms with Crippen molar-refractivity contribution in [1.82, 2.24) is 24.2 Å². The summed E-state index contributed by atoms with van der Waals surface area (Å²) in [6.07, 6.45) is -8.64. The number of likely N-dealkylation sites (tertiary alicyclic amines) is 1. The standard InChI is InChI=1S/C19H18F7N5O2/c20-13-10(5-6-27-15(13)19(24,25)26)9-30-17(33)31-12(28-30)4-3-11(18(21,22)23)14(31)16(32)29-7-1-2-8-29/h5-6,11,14H,1-4,7-9H2. The van der Waals surface area contributed by atoms with Gasteiger partial charge in [-0.2, -0.15) is 31.4 Å². The minimum Gasteiger partial charge on any atom is -0.341 e. The van der Waals surface area contributed by atoms with Gasteiger partial charge in [0.1, 0.15) is 11.9 Å². The van der Waals surface area contributed by atoms with Gasteiger partial charge in [0, 0.05) is 31.3 Å². The number of carbonyl (C=O) groups excluding carboxylic acids is 1. The van der Waals surface area contributed by atoms with E-state index in [2.05, 4.69) is 10.1 Å². The largest absolute Gasteiger partial charge is 0.436 e. The molecule has 0 spiro atoms. The Morgan fingerprint density at radius 3 is 2.39 bits per heavy atom. The molecule has 4 rings (SSSR count). The molecule has 4 heterocycles. The van der Waals surface area contributed by atoms with Crippen molar-refractivity contribution in [2.75, 3.05) is 13.1 Å². The van der Waals surface area contributed by atoms with Gasteiger partial charge in [0.25, 0.3) is 0 Å². The van der Waals surface area contributed by atoms with Crippen LogP contribution in [0.15, 0.2) is 17.1 Å². The normalized spacial score (nSPS) is 21.4. The van der Waals surface area contributed by atoms with Crippen LogP contribution < -0.4 is 5.69 Å². The highest BCUT2D eigenvalue weighted by Crippen LogP contribution is 2.42. The number of hydrogen-bond donors (Lipinski definition) is 0. The number of aryl methyl sites for hydroxylation is 1. The molecular weight excluding hydrogens is 463 g/mol. The number of fused-ring (bicyclic) bond motifs is 1. The van der Waals surface area contributed by atoms with Crippen LogP contribution in [0.1, 0.15) is 42.4 Å². The molecule has 0 radical (unpaired) electrons. The van der Waals surface area contributed by atoms with Gasteiger partial charge in [0.15, 0.2) is 11.5 Å². The summed E-state index contributed by atoms with van der Waals surface area (Å²) in [6, 6.07) is -0.957. The van der Waals surface area contributed by atoms with Gasteiger partial charge < -0.3 is 4.90 Å². The first-order chi connectivity index (χ1) is 15.4. The predicted molar refractivity (Wildman–Crippen MR) is 97.5 cm³/mol. The van der Waals surface area contributed by atoms with Crippen molar-refractivity contribution in [3.05, 3.63) is 45.6 Å². The first-order valence-electron chi connectivity index (χ1n) is 10.1. The summed E-state index contributed by atoms with van der Waals surface area (Å²) in [6.45, 7) is -0.237. The topological polar surface area (TPSA) is 73.0 Å². The Bertz CT molecular complexity index is 1120. The van der Waals surface area contributed by atoms with Gasteiger partial charge in [-0.05, 0) is 25.3 Å². The predicted octanol–water partition coefficient (Wildman–Crippen LogP) is 2.93. The minimum absolute atomic E-state index is 0.108. The lowest BCUT2D eigenvalue weighted by atomic mass is 9.89. The van der Waals surface area contributed by atoms with E-state index in [-0.39, 0.29) is 25.3 Å². The number of nitrogens with zero attached hydrogens (tertiary/aromatic N) is 5. The zero-order chi connectivity index (χ0) is 24.1. The molecule has 0 aliphatic carbocycles. The number of carbonyl (C=O) groups is 1. The van der Waals surface area contributed by atoms with Gasteiger partial charge in [-0.25, -0.2) is 18.9 Å². The number of amides is 1. The number of halogens is 7. The van der Waals surface area contributed by atoms with Crippen LogP contribution in [-0.2, 0) is 23.9 Å². The molecule has 7 nitrogen and oxygen atoms in total. The third-order valence-electron chi connectivity index (χ3n) is 5.93. The summed E-state index contributed by atoms with van der Waals surface area (Å²) in [4.78, 5) is 30.2. The average Bonchev–Trinajstić information content (AvgIpc) is 3.36. The van der Waals surface area contributed by atoms with E-state index in [9.17, 15) is 40.3 Å². The highest BCUT2D eigenvalue weighted by atomic mass is 19.4. The zero-order valence-electron chi connectivity index (χ0n) is 17.0. The van der Waals surface area contributed by atoms with Crippen molar-refractivity contribution in [2.24, 2.45) is 5.92 Å². The molecule has 1 amide bonds. The molecule has 2 atom stereocenters. The molecule has 180 valence electrons. The fourth-order valence-corrected chi connectivity index (χ4v) is 4.36. The van der Waals surface area contributed by atoms with Crippen LogP contribution >= 0.6 is 0 Å². The summed E-state index contributed by atoms with van der Waals surface area (Å²) in [5, 5.41) is 3.92. The maximum absolute atomic E-state index is 14.4. The Hall–Kier alpha value is -2.93. The molecule has 0 aromatic carbocycles. The van der Waals surface area contributed by atoms with Gasteiger partial charge in [-0.3, -0.25) is 9.36 Å². The van der Waals surface area contributed by atoms with Crippen LogP contribution in [0.3, 0.4) is 0 Å². The minimum atomic E-state index is -5.08. The molecule has 1 saturated heterocycles. The molecule has 33 heavy (non-hydrogen) atoms. The molecule has 2 aliphatic rings. The molecule has 0 bridgehead atoms. The first-order valence-corrected chi connectivity index (χ1v) is 10.1. The first kappa shape index (κ1) is 23.2. The van der Waals surface area contributed by atoms with Gasteiger partial charge in [0.05, 0.1) is 12.5 Å². The van der Waals surface area contributed by atoms with Gasteiger partial charge in [-0.15, -0.1) is 0 Å². The zero-order valence-corrected chi connectivity index (χ0v) is 17.0. The van der Waals surface area contributed by atoms with Crippen molar-refractivity contribution < 1.29 is 35.5 Å². The Morgan fingerprint density at radius 1 is 1.12 bits per heavy atom. The van der Waals surface area contributed by atoms with Gasteiger partial charge in [0.2, 0.25) is 5.91 Å². The molecular formula is C19H18F7N5O2. The molecule has 2 aromatic rings. The average molecular weight is 481 g/mol. The second-order valence-electron chi connectivity index (χ2n) is 8.02. The smallest absolute Gasteiger partial charge is 0.341 e. The van der Waals surface area contributed by atoms with Crippen LogP contribution in [0.4, 0.5) is 30.7 Å². The van der Waals surface area contributed by atoms with Crippen molar-refractivity contribution >= 4 is 5.91 Å². The molecule has 2 unspecified atom stereocenters. The fourth-order valence-electron chi connectivity index (χ4n) is 4.36. The van der Waals surface area contributed by atoms with E-state index in [1.54, 1.807) is 0 Å². The molecule has 2 aromatic heterocycles. The van der Waals surface area contributed by atoms with E-state index in [4.69, 9.17) is 0 Å². The number of pyridine rings is 1.